The minimum atomic E-state index is -0.0626. The Morgan fingerprint density at radius 1 is 1.19 bits per heavy atom. The van der Waals surface area contributed by atoms with Crippen LogP contribution in [0.3, 0.4) is 0 Å². The number of benzene rings is 1. The van der Waals surface area contributed by atoms with Crippen LogP contribution in [0, 0.1) is 6.92 Å². The molecule has 0 unspecified atom stereocenters. The maximum absolute atomic E-state index is 12.4. The SMILES string of the molecule is CCC(CC)NC(=O)c1cccc(OCc2cn3cc(C)ccc3n2)c1. The van der Waals surface area contributed by atoms with E-state index in [0.717, 1.165) is 24.2 Å². The van der Waals surface area contributed by atoms with Gasteiger partial charge < -0.3 is 14.5 Å². The first-order valence-corrected chi connectivity index (χ1v) is 9.07. The fourth-order valence-corrected chi connectivity index (χ4v) is 2.87. The normalized spacial score (nSPS) is 11.1. The highest BCUT2D eigenvalue weighted by molar-refractivity contribution is 5.94. The van der Waals surface area contributed by atoms with Crippen LogP contribution in [0.4, 0.5) is 0 Å². The standard InChI is InChI=1S/C21H25N3O2/c1-4-17(5-2)23-21(25)16-7-6-8-19(11-16)26-14-18-13-24-12-15(3)9-10-20(24)22-18/h6-13,17H,4-5,14H2,1-3H3,(H,23,25). The largest absolute Gasteiger partial charge is 0.487 e. The van der Waals surface area contributed by atoms with E-state index in [4.69, 9.17) is 4.74 Å². The summed E-state index contributed by atoms with van der Waals surface area (Å²) in [6, 6.07) is 11.5. The number of nitrogens with zero attached hydrogens (tertiary/aromatic N) is 2. The van der Waals surface area contributed by atoms with Gasteiger partial charge in [0.1, 0.15) is 18.0 Å². The highest BCUT2D eigenvalue weighted by Crippen LogP contribution is 2.16. The molecule has 3 aromatic rings. The fourth-order valence-electron chi connectivity index (χ4n) is 2.87. The lowest BCUT2D eigenvalue weighted by atomic mass is 10.1. The molecule has 1 aromatic carbocycles. The van der Waals surface area contributed by atoms with Crippen LogP contribution in [-0.2, 0) is 6.61 Å². The first kappa shape index (κ1) is 18.0. The summed E-state index contributed by atoms with van der Waals surface area (Å²) in [5.74, 6) is 0.600. The number of hydrogen-bond acceptors (Lipinski definition) is 3. The molecule has 5 nitrogen and oxygen atoms in total. The molecule has 136 valence electrons. The minimum absolute atomic E-state index is 0.0626. The molecule has 5 heteroatoms. The Hall–Kier alpha value is -2.82. The minimum Gasteiger partial charge on any atom is -0.487 e. The third-order valence-electron chi connectivity index (χ3n) is 4.45. The Labute approximate surface area is 154 Å². The first-order chi connectivity index (χ1) is 12.6. The van der Waals surface area contributed by atoms with Crippen molar-refractivity contribution in [3.05, 3.63) is 65.6 Å². The number of aryl methyl sites for hydroxylation is 1. The zero-order valence-electron chi connectivity index (χ0n) is 15.5. The van der Waals surface area contributed by atoms with Gasteiger partial charge in [-0.1, -0.05) is 26.0 Å². The highest BCUT2D eigenvalue weighted by atomic mass is 16.5. The number of carbonyl (C=O) groups is 1. The molecule has 3 rings (SSSR count). The molecule has 0 radical (unpaired) electrons. The van der Waals surface area contributed by atoms with E-state index in [-0.39, 0.29) is 11.9 Å². The summed E-state index contributed by atoms with van der Waals surface area (Å²) < 4.78 is 7.84. The zero-order valence-corrected chi connectivity index (χ0v) is 15.5. The number of aromatic nitrogens is 2. The molecule has 1 N–H and O–H groups in total. The number of carbonyl (C=O) groups excluding carboxylic acids is 1. The Morgan fingerprint density at radius 3 is 2.77 bits per heavy atom. The highest BCUT2D eigenvalue weighted by Gasteiger charge is 2.11. The summed E-state index contributed by atoms with van der Waals surface area (Å²) in [6.45, 7) is 6.56. The molecule has 1 amide bonds. The molecular formula is C21H25N3O2. The average Bonchev–Trinajstić information content (AvgIpc) is 3.06. The zero-order chi connectivity index (χ0) is 18.5. The Bertz CT molecular complexity index is 897. The third kappa shape index (κ3) is 4.23. The van der Waals surface area contributed by atoms with Crippen LogP contribution >= 0.6 is 0 Å². The van der Waals surface area contributed by atoms with E-state index in [1.165, 1.54) is 5.56 Å². The number of hydrogen-bond donors (Lipinski definition) is 1. The van der Waals surface area contributed by atoms with Crippen molar-refractivity contribution >= 4 is 11.6 Å². The van der Waals surface area contributed by atoms with Crippen molar-refractivity contribution in [1.29, 1.82) is 0 Å². The lowest BCUT2D eigenvalue weighted by Gasteiger charge is -2.15. The summed E-state index contributed by atoms with van der Waals surface area (Å²) in [5, 5.41) is 3.05. The van der Waals surface area contributed by atoms with Gasteiger partial charge in [-0.2, -0.15) is 0 Å². The molecule has 0 saturated heterocycles. The van der Waals surface area contributed by atoms with Crippen molar-refractivity contribution in [1.82, 2.24) is 14.7 Å². The number of imidazole rings is 1. The van der Waals surface area contributed by atoms with E-state index in [1.807, 2.05) is 48.0 Å². The smallest absolute Gasteiger partial charge is 0.251 e. The van der Waals surface area contributed by atoms with Gasteiger partial charge in [0.2, 0.25) is 0 Å². The second kappa shape index (κ2) is 8.04. The number of rotatable bonds is 7. The van der Waals surface area contributed by atoms with Gasteiger partial charge in [0.15, 0.2) is 0 Å². The van der Waals surface area contributed by atoms with E-state index in [1.54, 1.807) is 12.1 Å². The molecule has 0 aliphatic rings. The number of ether oxygens (including phenoxy) is 1. The molecular weight excluding hydrogens is 326 g/mol. The van der Waals surface area contributed by atoms with Crippen LogP contribution in [-0.4, -0.2) is 21.3 Å². The van der Waals surface area contributed by atoms with E-state index in [9.17, 15) is 4.79 Å². The van der Waals surface area contributed by atoms with Crippen LogP contribution in [0.15, 0.2) is 48.8 Å². The number of amides is 1. The van der Waals surface area contributed by atoms with Crippen LogP contribution < -0.4 is 10.1 Å². The second-order valence-electron chi connectivity index (χ2n) is 6.51. The van der Waals surface area contributed by atoms with Crippen molar-refractivity contribution in [2.24, 2.45) is 0 Å². The maximum Gasteiger partial charge on any atom is 0.251 e. The van der Waals surface area contributed by atoms with Gasteiger partial charge in [0.05, 0.1) is 5.69 Å². The Balaban J connectivity index is 1.67. The summed E-state index contributed by atoms with van der Waals surface area (Å²) in [5.41, 5.74) is 3.54. The molecule has 26 heavy (non-hydrogen) atoms. The van der Waals surface area contributed by atoms with Crippen molar-refractivity contribution in [3.8, 4) is 5.75 Å². The van der Waals surface area contributed by atoms with Gasteiger partial charge in [0, 0.05) is 24.0 Å². The van der Waals surface area contributed by atoms with Gasteiger partial charge >= 0.3 is 0 Å². The monoisotopic (exact) mass is 351 g/mol. The van der Waals surface area contributed by atoms with Crippen LogP contribution in [0.25, 0.3) is 5.65 Å². The Kier molecular flexibility index (Phi) is 5.56. The van der Waals surface area contributed by atoms with E-state index in [0.29, 0.717) is 17.9 Å². The van der Waals surface area contributed by atoms with Crippen LogP contribution in [0.2, 0.25) is 0 Å². The molecule has 0 bridgehead atoms. The lowest BCUT2D eigenvalue weighted by molar-refractivity contribution is 0.0934. The molecule has 0 aliphatic heterocycles. The molecule has 0 spiro atoms. The molecule has 2 aromatic heterocycles. The average molecular weight is 351 g/mol. The van der Waals surface area contributed by atoms with Crippen LogP contribution in [0.1, 0.15) is 48.3 Å². The predicted octanol–water partition coefficient (Wildman–Crippen LogP) is 4.14. The Morgan fingerprint density at radius 2 is 2.00 bits per heavy atom. The van der Waals surface area contributed by atoms with Gasteiger partial charge in [-0.25, -0.2) is 4.98 Å². The van der Waals surface area contributed by atoms with Crippen molar-refractivity contribution < 1.29 is 9.53 Å². The van der Waals surface area contributed by atoms with Crippen molar-refractivity contribution in [2.75, 3.05) is 0 Å². The van der Waals surface area contributed by atoms with Gasteiger partial charge in [-0.15, -0.1) is 0 Å². The number of nitrogens with one attached hydrogen (secondary N) is 1. The second-order valence-corrected chi connectivity index (χ2v) is 6.51. The van der Waals surface area contributed by atoms with Gasteiger partial charge in [-0.3, -0.25) is 4.79 Å². The topological polar surface area (TPSA) is 55.6 Å². The quantitative estimate of drug-likeness (QED) is 0.696. The van der Waals surface area contributed by atoms with Gasteiger partial charge in [0.25, 0.3) is 5.91 Å². The molecule has 0 aliphatic carbocycles. The fraction of sp³-hybridized carbons (Fsp3) is 0.333. The maximum atomic E-state index is 12.4. The predicted molar refractivity (Wildman–Crippen MR) is 103 cm³/mol. The molecule has 0 fully saturated rings. The first-order valence-electron chi connectivity index (χ1n) is 9.07. The number of pyridine rings is 1. The van der Waals surface area contributed by atoms with Crippen molar-refractivity contribution in [2.45, 2.75) is 46.3 Å². The van der Waals surface area contributed by atoms with Crippen LogP contribution in [0.5, 0.6) is 5.75 Å². The van der Waals surface area contributed by atoms with Gasteiger partial charge in [-0.05, 0) is 49.6 Å². The lowest BCUT2D eigenvalue weighted by Crippen LogP contribution is -2.33. The van der Waals surface area contributed by atoms with E-state index < -0.39 is 0 Å². The molecule has 0 saturated carbocycles. The molecule has 2 heterocycles. The summed E-state index contributed by atoms with van der Waals surface area (Å²) in [4.78, 5) is 16.9. The van der Waals surface area contributed by atoms with E-state index >= 15 is 0 Å². The summed E-state index contributed by atoms with van der Waals surface area (Å²) in [6.07, 6.45) is 5.85. The molecule has 0 atom stereocenters. The van der Waals surface area contributed by atoms with Crippen molar-refractivity contribution in [3.63, 3.8) is 0 Å². The van der Waals surface area contributed by atoms with E-state index in [2.05, 4.69) is 24.1 Å². The third-order valence-corrected chi connectivity index (χ3v) is 4.45. The summed E-state index contributed by atoms with van der Waals surface area (Å²) >= 11 is 0. The summed E-state index contributed by atoms with van der Waals surface area (Å²) in [7, 11) is 0. The number of fused-ring (bicyclic) bond motifs is 1.